The Bertz CT molecular complexity index is 191. The average molecular weight is 188 g/mol. The van der Waals surface area contributed by atoms with Crippen LogP contribution >= 0.6 is 11.8 Å². The Balaban J connectivity index is 3.93. The topological polar surface area (TPSA) is 37.3 Å². The van der Waals surface area contributed by atoms with Crippen LogP contribution in [0.3, 0.4) is 0 Å². The van der Waals surface area contributed by atoms with Crippen LogP contribution in [0.15, 0.2) is 11.6 Å². The largest absolute Gasteiger partial charge is 0.480 e. The Morgan fingerprint density at radius 2 is 2.00 bits per heavy atom. The van der Waals surface area contributed by atoms with Gasteiger partial charge in [0.1, 0.15) is 4.75 Å². The molecule has 0 aromatic heterocycles. The summed E-state index contributed by atoms with van der Waals surface area (Å²) in [5, 5.41) is 8.76. The molecule has 0 heterocycles. The van der Waals surface area contributed by atoms with E-state index in [1.165, 1.54) is 17.3 Å². The van der Waals surface area contributed by atoms with Crippen molar-refractivity contribution in [3.05, 3.63) is 11.6 Å². The highest BCUT2D eigenvalue weighted by atomic mass is 32.2. The summed E-state index contributed by atoms with van der Waals surface area (Å²) in [5.41, 5.74) is 1.23. The minimum atomic E-state index is -0.755. The molecule has 2 nitrogen and oxygen atoms in total. The van der Waals surface area contributed by atoms with Crippen LogP contribution in [0.5, 0.6) is 0 Å². The van der Waals surface area contributed by atoms with E-state index < -0.39 is 10.7 Å². The van der Waals surface area contributed by atoms with Crippen LogP contribution in [0.25, 0.3) is 0 Å². The molecule has 0 bridgehead atoms. The van der Waals surface area contributed by atoms with Crippen LogP contribution in [-0.2, 0) is 4.79 Å². The number of aliphatic carboxylic acids is 1. The first-order chi connectivity index (χ1) is 5.36. The highest BCUT2D eigenvalue weighted by molar-refractivity contribution is 8.01. The SMILES string of the molecule is CC(C)=CCSC(C)(C)C(=O)O. The molecule has 0 radical (unpaired) electrons. The van der Waals surface area contributed by atoms with Crippen molar-refractivity contribution in [3.63, 3.8) is 0 Å². The Kier molecular flexibility index (Phi) is 4.39. The van der Waals surface area contributed by atoms with Crippen molar-refractivity contribution in [2.75, 3.05) is 5.75 Å². The molecule has 12 heavy (non-hydrogen) atoms. The molecule has 0 aliphatic heterocycles. The van der Waals surface area contributed by atoms with E-state index in [0.717, 1.165) is 5.75 Å². The number of hydrogen-bond donors (Lipinski definition) is 1. The van der Waals surface area contributed by atoms with Crippen molar-refractivity contribution < 1.29 is 9.90 Å². The molecule has 1 N–H and O–H groups in total. The maximum Gasteiger partial charge on any atom is 0.319 e. The van der Waals surface area contributed by atoms with E-state index in [-0.39, 0.29) is 0 Å². The second kappa shape index (κ2) is 4.55. The fourth-order valence-electron chi connectivity index (χ4n) is 0.478. The normalized spacial score (nSPS) is 11.0. The molecule has 0 aromatic rings. The maximum atomic E-state index is 10.7. The molecular formula is C9H16O2S. The highest BCUT2D eigenvalue weighted by Crippen LogP contribution is 2.24. The monoisotopic (exact) mass is 188 g/mol. The van der Waals surface area contributed by atoms with Crippen LogP contribution in [-0.4, -0.2) is 21.6 Å². The lowest BCUT2D eigenvalue weighted by Crippen LogP contribution is -2.27. The zero-order chi connectivity index (χ0) is 9.78. The molecule has 70 valence electrons. The average Bonchev–Trinajstić information content (AvgIpc) is 1.85. The zero-order valence-electron chi connectivity index (χ0n) is 8.05. The van der Waals surface area contributed by atoms with Crippen LogP contribution in [0.2, 0.25) is 0 Å². The van der Waals surface area contributed by atoms with Crippen LogP contribution in [0, 0.1) is 0 Å². The van der Waals surface area contributed by atoms with E-state index in [4.69, 9.17) is 5.11 Å². The first-order valence-corrected chi connectivity index (χ1v) is 4.85. The first kappa shape index (κ1) is 11.6. The fraction of sp³-hybridized carbons (Fsp3) is 0.667. The number of carboxylic acid groups (broad SMARTS) is 1. The zero-order valence-corrected chi connectivity index (χ0v) is 8.86. The molecule has 0 saturated heterocycles. The lowest BCUT2D eigenvalue weighted by Gasteiger charge is -2.16. The third kappa shape index (κ3) is 4.44. The molecule has 0 aliphatic rings. The van der Waals surface area contributed by atoms with Gasteiger partial charge in [-0.3, -0.25) is 4.79 Å². The van der Waals surface area contributed by atoms with Gasteiger partial charge < -0.3 is 5.11 Å². The van der Waals surface area contributed by atoms with Crippen molar-refractivity contribution in [2.24, 2.45) is 0 Å². The standard InChI is InChI=1S/C9H16O2S/c1-7(2)5-6-12-9(3,4)8(10)11/h5H,6H2,1-4H3,(H,10,11). The van der Waals surface area contributed by atoms with Gasteiger partial charge in [-0.25, -0.2) is 0 Å². The summed E-state index contributed by atoms with van der Waals surface area (Å²) in [4.78, 5) is 10.7. The third-order valence-electron chi connectivity index (χ3n) is 1.45. The Hall–Kier alpha value is -0.440. The van der Waals surface area contributed by atoms with Gasteiger partial charge in [0.25, 0.3) is 0 Å². The third-order valence-corrected chi connectivity index (χ3v) is 2.68. The molecule has 0 aromatic carbocycles. The summed E-state index contributed by atoms with van der Waals surface area (Å²) in [6.45, 7) is 7.46. The van der Waals surface area contributed by atoms with Crippen molar-refractivity contribution in [1.82, 2.24) is 0 Å². The smallest absolute Gasteiger partial charge is 0.319 e. The minimum absolute atomic E-state index is 0.675. The van der Waals surface area contributed by atoms with Crippen LogP contribution < -0.4 is 0 Å². The van der Waals surface area contributed by atoms with E-state index in [1.54, 1.807) is 13.8 Å². The Labute approximate surface area is 78.0 Å². The minimum Gasteiger partial charge on any atom is -0.480 e. The van der Waals surface area contributed by atoms with E-state index in [9.17, 15) is 4.79 Å². The predicted molar refractivity (Wildman–Crippen MR) is 53.6 cm³/mol. The summed E-state index contributed by atoms with van der Waals surface area (Å²) < 4.78 is -0.675. The molecule has 0 aliphatic carbocycles. The molecular weight excluding hydrogens is 172 g/mol. The fourth-order valence-corrected chi connectivity index (χ4v) is 1.44. The summed E-state index contributed by atoms with van der Waals surface area (Å²) in [6, 6.07) is 0. The Morgan fingerprint density at radius 3 is 2.33 bits per heavy atom. The van der Waals surface area contributed by atoms with Crippen LogP contribution in [0.1, 0.15) is 27.7 Å². The van der Waals surface area contributed by atoms with E-state index in [1.807, 2.05) is 19.9 Å². The van der Waals surface area contributed by atoms with Gasteiger partial charge in [-0.05, 0) is 27.7 Å². The highest BCUT2D eigenvalue weighted by Gasteiger charge is 2.26. The molecule has 0 amide bonds. The number of carboxylic acids is 1. The number of carbonyl (C=O) groups is 1. The molecule has 0 unspecified atom stereocenters. The number of rotatable bonds is 4. The van der Waals surface area contributed by atoms with Crippen molar-refractivity contribution in [1.29, 1.82) is 0 Å². The van der Waals surface area contributed by atoms with E-state index >= 15 is 0 Å². The summed E-state index contributed by atoms with van der Waals surface area (Å²) in [5.74, 6) is 0.0106. The lowest BCUT2D eigenvalue weighted by molar-refractivity contribution is -0.138. The Morgan fingerprint density at radius 1 is 1.50 bits per heavy atom. The second-order valence-electron chi connectivity index (χ2n) is 3.41. The lowest BCUT2D eigenvalue weighted by atomic mass is 10.2. The van der Waals surface area contributed by atoms with Gasteiger partial charge in [-0.15, -0.1) is 11.8 Å². The molecule has 3 heteroatoms. The summed E-state index contributed by atoms with van der Waals surface area (Å²) in [7, 11) is 0. The number of hydrogen-bond acceptors (Lipinski definition) is 2. The van der Waals surface area contributed by atoms with Crippen molar-refractivity contribution in [3.8, 4) is 0 Å². The van der Waals surface area contributed by atoms with Crippen molar-refractivity contribution >= 4 is 17.7 Å². The van der Waals surface area contributed by atoms with E-state index in [0.29, 0.717) is 0 Å². The number of allylic oxidation sites excluding steroid dienone is 1. The predicted octanol–water partition coefficient (Wildman–Crippen LogP) is 2.55. The maximum absolute atomic E-state index is 10.7. The molecule has 0 saturated carbocycles. The van der Waals surface area contributed by atoms with Gasteiger partial charge in [0, 0.05) is 5.75 Å². The number of thioether (sulfide) groups is 1. The van der Waals surface area contributed by atoms with Gasteiger partial charge in [-0.2, -0.15) is 0 Å². The van der Waals surface area contributed by atoms with Gasteiger partial charge in [0.05, 0.1) is 0 Å². The molecule has 0 rings (SSSR count). The quantitative estimate of drug-likeness (QED) is 0.689. The van der Waals surface area contributed by atoms with Gasteiger partial charge in [-0.1, -0.05) is 11.6 Å². The van der Waals surface area contributed by atoms with E-state index in [2.05, 4.69) is 0 Å². The molecule has 0 spiro atoms. The molecule has 0 fully saturated rings. The summed E-state index contributed by atoms with van der Waals surface area (Å²) >= 11 is 1.44. The van der Waals surface area contributed by atoms with Gasteiger partial charge in [0.15, 0.2) is 0 Å². The molecule has 0 atom stereocenters. The van der Waals surface area contributed by atoms with Crippen molar-refractivity contribution in [2.45, 2.75) is 32.4 Å². The summed E-state index contributed by atoms with van der Waals surface area (Å²) in [6.07, 6.45) is 2.04. The second-order valence-corrected chi connectivity index (χ2v) is 5.05. The first-order valence-electron chi connectivity index (χ1n) is 3.87. The van der Waals surface area contributed by atoms with Gasteiger partial charge in [0.2, 0.25) is 0 Å². The van der Waals surface area contributed by atoms with Crippen LogP contribution in [0.4, 0.5) is 0 Å². The van der Waals surface area contributed by atoms with Gasteiger partial charge >= 0.3 is 5.97 Å².